The van der Waals surface area contributed by atoms with E-state index in [9.17, 15) is 4.79 Å². The fourth-order valence-corrected chi connectivity index (χ4v) is 3.93. The van der Waals surface area contributed by atoms with E-state index >= 15 is 0 Å². The lowest BCUT2D eigenvalue weighted by molar-refractivity contribution is 0.214. The zero-order chi connectivity index (χ0) is 22.7. The minimum atomic E-state index is -0.122. The first-order valence-electron chi connectivity index (χ1n) is 10.8. The second kappa shape index (κ2) is 9.57. The number of carbonyl (C=O) groups is 1. The van der Waals surface area contributed by atoms with E-state index in [0.29, 0.717) is 31.0 Å². The van der Waals surface area contributed by atoms with Crippen LogP contribution in [0.2, 0.25) is 5.02 Å². The van der Waals surface area contributed by atoms with Crippen LogP contribution in [0.4, 0.5) is 10.5 Å². The Morgan fingerprint density at radius 1 is 1.03 bits per heavy atom. The van der Waals surface area contributed by atoms with Crippen molar-refractivity contribution in [3.8, 4) is 17.0 Å². The molecule has 0 saturated carbocycles. The van der Waals surface area contributed by atoms with Gasteiger partial charge in [-0.05, 0) is 55.0 Å². The third kappa shape index (κ3) is 4.86. The first-order valence-corrected chi connectivity index (χ1v) is 11.2. The molecule has 2 amide bonds. The molecule has 2 aromatic carbocycles. The number of anilines is 1. The summed E-state index contributed by atoms with van der Waals surface area (Å²) in [6.45, 7) is 5.40. The molecule has 0 radical (unpaired) electrons. The highest BCUT2D eigenvalue weighted by Crippen LogP contribution is 2.29. The van der Waals surface area contributed by atoms with Crippen LogP contribution in [0, 0.1) is 0 Å². The van der Waals surface area contributed by atoms with Gasteiger partial charge in [0.05, 0.1) is 12.8 Å². The van der Waals surface area contributed by atoms with Gasteiger partial charge in [-0.1, -0.05) is 25.4 Å². The topological polar surface area (TPSA) is 67.4 Å². The minimum absolute atomic E-state index is 0.122. The maximum atomic E-state index is 12.9. The molecule has 1 aliphatic heterocycles. The molecule has 0 spiro atoms. The zero-order valence-corrected chi connectivity index (χ0v) is 19.3. The van der Waals surface area contributed by atoms with E-state index in [1.165, 1.54) is 0 Å². The minimum Gasteiger partial charge on any atom is -0.497 e. The number of nitrogens with one attached hydrogen (secondary N) is 1. The van der Waals surface area contributed by atoms with Crippen LogP contribution in [0.3, 0.4) is 0 Å². The zero-order valence-electron chi connectivity index (χ0n) is 18.6. The van der Waals surface area contributed by atoms with Crippen molar-refractivity contribution < 1.29 is 9.53 Å². The molecule has 0 bridgehead atoms. The lowest BCUT2D eigenvalue weighted by atomic mass is 10.00. The van der Waals surface area contributed by atoms with E-state index in [4.69, 9.17) is 26.3 Å². The van der Waals surface area contributed by atoms with Crippen LogP contribution in [0.5, 0.6) is 5.75 Å². The Morgan fingerprint density at radius 2 is 1.72 bits per heavy atom. The highest BCUT2D eigenvalue weighted by Gasteiger charge is 2.24. The number of benzene rings is 2. The van der Waals surface area contributed by atoms with Crippen molar-refractivity contribution in [2.75, 3.05) is 25.5 Å². The van der Waals surface area contributed by atoms with E-state index in [2.05, 4.69) is 19.2 Å². The Labute approximate surface area is 193 Å². The van der Waals surface area contributed by atoms with Crippen molar-refractivity contribution >= 4 is 23.3 Å². The lowest BCUT2D eigenvalue weighted by Gasteiger charge is -2.20. The van der Waals surface area contributed by atoms with Crippen LogP contribution in [0.25, 0.3) is 11.3 Å². The second-order valence-electron chi connectivity index (χ2n) is 8.16. The van der Waals surface area contributed by atoms with Crippen molar-refractivity contribution in [2.24, 2.45) is 0 Å². The summed E-state index contributed by atoms with van der Waals surface area (Å²) in [4.78, 5) is 24.5. The number of rotatable bonds is 4. The molecule has 1 aromatic heterocycles. The fourth-order valence-electron chi connectivity index (χ4n) is 3.80. The normalized spacial score (nSPS) is 13.5. The predicted molar refractivity (Wildman–Crippen MR) is 128 cm³/mol. The predicted octanol–water partition coefficient (Wildman–Crippen LogP) is 5.56. The van der Waals surface area contributed by atoms with Gasteiger partial charge in [0.25, 0.3) is 0 Å². The molecule has 2 heterocycles. The summed E-state index contributed by atoms with van der Waals surface area (Å²) in [5.41, 5.74) is 4.84. The van der Waals surface area contributed by atoms with Crippen LogP contribution in [-0.2, 0) is 12.8 Å². The van der Waals surface area contributed by atoms with Crippen molar-refractivity contribution in [3.05, 3.63) is 70.6 Å². The third-order valence-corrected chi connectivity index (χ3v) is 5.87. The molecule has 3 aromatic rings. The number of hydrogen-bond donors (Lipinski definition) is 1. The second-order valence-corrected chi connectivity index (χ2v) is 8.60. The molecule has 4 rings (SSSR count). The summed E-state index contributed by atoms with van der Waals surface area (Å²) in [7, 11) is 1.66. The molecule has 1 aliphatic rings. The van der Waals surface area contributed by atoms with Gasteiger partial charge < -0.3 is 15.0 Å². The molecular weight excluding hydrogens is 424 g/mol. The van der Waals surface area contributed by atoms with Gasteiger partial charge >= 0.3 is 6.03 Å². The number of fused-ring (bicyclic) bond motifs is 1. The van der Waals surface area contributed by atoms with Gasteiger partial charge in [0, 0.05) is 53.0 Å². The number of halogens is 1. The van der Waals surface area contributed by atoms with E-state index in [0.717, 1.165) is 39.8 Å². The standard InChI is InChI=1S/C25H27ClN4O2/c1-16(2)24-28-22-13-15-30(25(31)27-19-8-6-18(26)7-9-19)14-12-21(22)23(29-24)17-4-10-20(32-3)11-5-17/h4-11,16H,12-15H2,1-3H3,(H,27,31). The number of aromatic nitrogens is 2. The molecular formula is C25H27ClN4O2. The molecule has 0 aliphatic carbocycles. The number of amides is 2. The average Bonchev–Trinajstić information content (AvgIpc) is 3.03. The Kier molecular flexibility index (Phi) is 6.61. The monoisotopic (exact) mass is 450 g/mol. The van der Waals surface area contributed by atoms with Crippen LogP contribution in [0.15, 0.2) is 48.5 Å². The lowest BCUT2D eigenvalue weighted by Crippen LogP contribution is -2.36. The maximum Gasteiger partial charge on any atom is 0.321 e. The van der Waals surface area contributed by atoms with E-state index in [1.807, 2.05) is 29.2 Å². The van der Waals surface area contributed by atoms with Crippen molar-refractivity contribution in [3.63, 3.8) is 0 Å². The number of ether oxygens (including phenoxy) is 1. The number of carbonyl (C=O) groups excluding carboxylic acids is 1. The molecule has 166 valence electrons. The van der Waals surface area contributed by atoms with E-state index < -0.39 is 0 Å². The Bertz CT molecular complexity index is 1100. The Hall–Kier alpha value is -3.12. The highest BCUT2D eigenvalue weighted by atomic mass is 35.5. The summed E-state index contributed by atoms with van der Waals surface area (Å²) in [6, 6.07) is 15.0. The molecule has 6 nitrogen and oxygen atoms in total. The molecule has 0 atom stereocenters. The smallest absolute Gasteiger partial charge is 0.321 e. The first kappa shape index (κ1) is 22.1. The van der Waals surface area contributed by atoms with Crippen molar-refractivity contribution in [1.82, 2.24) is 14.9 Å². The quantitative estimate of drug-likeness (QED) is 0.564. The maximum absolute atomic E-state index is 12.9. The Balaban J connectivity index is 1.60. The van der Waals surface area contributed by atoms with Gasteiger partial charge in [0.2, 0.25) is 0 Å². The molecule has 1 N–H and O–H groups in total. The van der Waals surface area contributed by atoms with Crippen molar-refractivity contribution in [2.45, 2.75) is 32.6 Å². The molecule has 0 unspecified atom stereocenters. The highest BCUT2D eigenvalue weighted by molar-refractivity contribution is 6.30. The SMILES string of the molecule is COc1ccc(-c2nc(C(C)C)nc3c2CCN(C(=O)Nc2ccc(Cl)cc2)CC3)cc1. The average molecular weight is 451 g/mol. The van der Waals surface area contributed by atoms with E-state index in [-0.39, 0.29) is 11.9 Å². The van der Waals surface area contributed by atoms with Crippen LogP contribution >= 0.6 is 11.6 Å². The summed E-state index contributed by atoms with van der Waals surface area (Å²) in [5.74, 6) is 1.85. The largest absolute Gasteiger partial charge is 0.497 e. The fraction of sp³-hybridized carbons (Fsp3) is 0.320. The first-order chi connectivity index (χ1) is 15.4. The van der Waals surface area contributed by atoms with E-state index in [1.54, 1.807) is 31.4 Å². The number of urea groups is 1. The molecule has 32 heavy (non-hydrogen) atoms. The number of methoxy groups -OCH3 is 1. The molecule has 0 fully saturated rings. The van der Waals surface area contributed by atoms with Crippen molar-refractivity contribution in [1.29, 1.82) is 0 Å². The summed E-state index contributed by atoms with van der Waals surface area (Å²) >= 11 is 5.94. The summed E-state index contributed by atoms with van der Waals surface area (Å²) in [6.07, 6.45) is 1.39. The van der Waals surface area contributed by atoms with Gasteiger partial charge in [-0.3, -0.25) is 0 Å². The van der Waals surface area contributed by atoms with Crippen LogP contribution < -0.4 is 10.1 Å². The Morgan fingerprint density at radius 3 is 2.38 bits per heavy atom. The summed E-state index contributed by atoms with van der Waals surface area (Å²) in [5, 5.41) is 3.60. The number of hydrogen-bond acceptors (Lipinski definition) is 4. The van der Waals surface area contributed by atoms with Crippen LogP contribution in [0.1, 0.15) is 36.8 Å². The summed E-state index contributed by atoms with van der Waals surface area (Å²) < 4.78 is 5.30. The van der Waals surface area contributed by atoms with Gasteiger partial charge in [0.1, 0.15) is 11.6 Å². The van der Waals surface area contributed by atoms with Crippen LogP contribution in [-0.4, -0.2) is 41.1 Å². The van der Waals surface area contributed by atoms with Gasteiger partial charge in [-0.25, -0.2) is 14.8 Å². The van der Waals surface area contributed by atoms with Gasteiger partial charge in [-0.2, -0.15) is 0 Å². The molecule has 0 saturated heterocycles. The third-order valence-electron chi connectivity index (χ3n) is 5.62. The van der Waals surface area contributed by atoms with Gasteiger partial charge in [0.15, 0.2) is 0 Å². The number of nitrogens with zero attached hydrogens (tertiary/aromatic N) is 3. The molecule has 7 heteroatoms. The van der Waals surface area contributed by atoms with Gasteiger partial charge in [-0.15, -0.1) is 0 Å².